The standard InChI is InChI=1S/C4H3ClN3/c5-3-1-7-4(6)8-2-3/h1H,(H2,6,7,8). The topological polar surface area (TPSA) is 51.8 Å². The SMILES string of the molecule is Nc1n[c]c(Cl)cn1. The van der Waals surface area contributed by atoms with Gasteiger partial charge in [-0.25, -0.2) is 9.97 Å². The van der Waals surface area contributed by atoms with Crippen molar-refractivity contribution in [2.75, 3.05) is 5.73 Å². The lowest BCUT2D eigenvalue weighted by Crippen LogP contribution is -1.91. The van der Waals surface area contributed by atoms with Crippen molar-refractivity contribution >= 4 is 17.5 Å². The van der Waals surface area contributed by atoms with Crippen molar-refractivity contribution in [3.8, 4) is 0 Å². The van der Waals surface area contributed by atoms with Crippen molar-refractivity contribution in [2.45, 2.75) is 0 Å². The number of hydrogen-bond acceptors (Lipinski definition) is 3. The fourth-order valence-electron chi connectivity index (χ4n) is 0.291. The van der Waals surface area contributed by atoms with E-state index in [1.165, 1.54) is 6.20 Å². The number of halogens is 1. The lowest BCUT2D eigenvalue weighted by molar-refractivity contribution is 1.18. The van der Waals surface area contributed by atoms with Gasteiger partial charge in [-0.2, -0.15) is 0 Å². The van der Waals surface area contributed by atoms with Crippen LogP contribution in [0.4, 0.5) is 5.95 Å². The molecule has 1 aromatic heterocycles. The second-order valence-corrected chi connectivity index (χ2v) is 1.60. The van der Waals surface area contributed by atoms with E-state index in [-0.39, 0.29) is 5.95 Å². The summed E-state index contributed by atoms with van der Waals surface area (Å²) in [6.07, 6.45) is 3.82. The molecule has 0 unspecified atom stereocenters. The first-order valence-corrected chi connectivity index (χ1v) is 2.32. The molecule has 0 fully saturated rings. The maximum Gasteiger partial charge on any atom is 0.220 e. The van der Waals surface area contributed by atoms with Crippen molar-refractivity contribution in [3.63, 3.8) is 0 Å². The van der Waals surface area contributed by atoms with Gasteiger partial charge in [-0.3, -0.25) is 0 Å². The van der Waals surface area contributed by atoms with Crippen molar-refractivity contribution < 1.29 is 0 Å². The van der Waals surface area contributed by atoms with Crippen LogP contribution >= 0.6 is 11.6 Å². The smallest absolute Gasteiger partial charge is 0.220 e. The van der Waals surface area contributed by atoms with Gasteiger partial charge in [-0.05, 0) is 0 Å². The minimum absolute atomic E-state index is 0.189. The first kappa shape index (κ1) is 5.31. The van der Waals surface area contributed by atoms with Gasteiger partial charge in [0, 0.05) is 0 Å². The lowest BCUT2D eigenvalue weighted by atomic mass is 10.7. The lowest BCUT2D eigenvalue weighted by Gasteiger charge is -1.85. The molecule has 8 heavy (non-hydrogen) atoms. The summed E-state index contributed by atoms with van der Waals surface area (Å²) in [7, 11) is 0. The molecule has 1 heterocycles. The monoisotopic (exact) mass is 128 g/mol. The minimum Gasteiger partial charge on any atom is -0.368 e. The number of rotatable bonds is 0. The van der Waals surface area contributed by atoms with E-state index in [9.17, 15) is 0 Å². The molecule has 4 heteroatoms. The summed E-state index contributed by atoms with van der Waals surface area (Å²) < 4.78 is 0. The Morgan fingerprint density at radius 1 is 1.75 bits per heavy atom. The largest absolute Gasteiger partial charge is 0.368 e. The molecule has 3 nitrogen and oxygen atoms in total. The Labute approximate surface area is 51.5 Å². The first-order valence-electron chi connectivity index (χ1n) is 1.95. The van der Waals surface area contributed by atoms with E-state index in [4.69, 9.17) is 17.3 Å². The van der Waals surface area contributed by atoms with Gasteiger partial charge in [0.1, 0.15) is 6.20 Å². The zero-order valence-electron chi connectivity index (χ0n) is 3.93. The number of nitrogens with two attached hydrogens (primary N) is 1. The van der Waals surface area contributed by atoms with Gasteiger partial charge >= 0.3 is 0 Å². The van der Waals surface area contributed by atoms with E-state index in [1.807, 2.05) is 0 Å². The molecule has 0 aliphatic rings. The normalized spacial score (nSPS) is 9.12. The van der Waals surface area contributed by atoms with Gasteiger partial charge in [0.05, 0.1) is 11.2 Å². The Kier molecular flexibility index (Phi) is 1.30. The van der Waals surface area contributed by atoms with E-state index in [0.29, 0.717) is 5.02 Å². The Morgan fingerprint density at radius 3 is 2.88 bits per heavy atom. The third-order valence-electron chi connectivity index (χ3n) is 0.587. The fraction of sp³-hybridized carbons (Fsp3) is 0. The first-order chi connectivity index (χ1) is 3.79. The van der Waals surface area contributed by atoms with Crippen LogP contribution in [0.25, 0.3) is 0 Å². The molecule has 0 saturated heterocycles. The van der Waals surface area contributed by atoms with Crippen LogP contribution in [-0.4, -0.2) is 9.97 Å². The van der Waals surface area contributed by atoms with E-state index in [0.717, 1.165) is 0 Å². The van der Waals surface area contributed by atoms with Gasteiger partial charge in [-0.1, -0.05) is 11.6 Å². The van der Waals surface area contributed by atoms with Crippen LogP contribution in [0.1, 0.15) is 0 Å². The number of anilines is 1. The summed E-state index contributed by atoms with van der Waals surface area (Å²) in [4.78, 5) is 7.07. The highest BCUT2D eigenvalue weighted by Gasteiger charge is 1.86. The fourth-order valence-corrected chi connectivity index (χ4v) is 0.382. The quantitative estimate of drug-likeness (QED) is 0.554. The highest BCUT2D eigenvalue weighted by molar-refractivity contribution is 6.30. The van der Waals surface area contributed by atoms with Gasteiger partial charge < -0.3 is 5.73 Å². The van der Waals surface area contributed by atoms with E-state index >= 15 is 0 Å². The Bertz CT molecular complexity index is 150. The van der Waals surface area contributed by atoms with Crippen molar-refractivity contribution in [2.24, 2.45) is 0 Å². The Morgan fingerprint density at radius 2 is 2.50 bits per heavy atom. The highest BCUT2D eigenvalue weighted by atomic mass is 35.5. The Hall–Kier alpha value is -0.830. The van der Waals surface area contributed by atoms with Crippen molar-refractivity contribution in [1.29, 1.82) is 0 Å². The van der Waals surface area contributed by atoms with Crippen LogP contribution in [0.5, 0.6) is 0 Å². The summed E-state index contributed by atoms with van der Waals surface area (Å²) in [6.45, 7) is 0. The van der Waals surface area contributed by atoms with Crippen LogP contribution in [0.2, 0.25) is 5.02 Å². The average molecular weight is 129 g/mol. The van der Waals surface area contributed by atoms with E-state index in [2.05, 4.69) is 16.2 Å². The zero-order chi connectivity index (χ0) is 5.98. The van der Waals surface area contributed by atoms with Crippen LogP contribution in [0, 0.1) is 6.20 Å². The van der Waals surface area contributed by atoms with Crippen molar-refractivity contribution in [3.05, 3.63) is 17.4 Å². The molecule has 0 bridgehead atoms. The van der Waals surface area contributed by atoms with E-state index in [1.54, 1.807) is 0 Å². The molecule has 0 aliphatic carbocycles. The second-order valence-electron chi connectivity index (χ2n) is 1.19. The van der Waals surface area contributed by atoms with Gasteiger partial charge in [0.15, 0.2) is 0 Å². The van der Waals surface area contributed by atoms with Crippen LogP contribution < -0.4 is 5.73 Å². The van der Waals surface area contributed by atoms with Gasteiger partial charge in [-0.15, -0.1) is 0 Å². The molecular formula is C4H3ClN3. The maximum atomic E-state index is 5.38. The summed E-state index contributed by atoms with van der Waals surface area (Å²) >= 11 is 5.38. The molecule has 0 spiro atoms. The third kappa shape index (κ3) is 1.07. The maximum absolute atomic E-state index is 5.38. The van der Waals surface area contributed by atoms with Gasteiger partial charge in [0.25, 0.3) is 0 Å². The summed E-state index contributed by atoms with van der Waals surface area (Å²) in [5.74, 6) is 0.189. The molecular weight excluding hydrogens is 126 g/mol. The van der Waals surface area contributed by atoms with Crippen LogP contribution in [0.3, 0.4) is 0 Å². The molecule has 0 atom stereocenters. The third-order valence-corrected chi connectivity index (χ3v) is 0.770. The molecule has 1 radical (unpaired) electrons. The summed E-state index contributed by atoms with van der Waals surface area (Å²) in [5, 5.41) is 0.374. The van der Waals surface area contributed by atoms with Crippen LogP contribution in [-0.2, 0) is 0 Å². The number of nitrogen functional groups attached to an aromatic ring is 1. The zero-order valence-corrected chi connectivity index (χ0v) is 4.68. The molecule has 41 valence electrons. The number of aromatic nitrogens is 2. The molecule has 0 aliphatic heterocycles. The molecule has 0 amide bonds. The second kappa shape index (κ2) is 1.96. The van der Waals surface area contributed by atoms with Crippen molar-refractivity contribution in [1.82, 2.24) is 9.97 Å². The Balaban J connectivity index is 3.03. The minimum atomic E-state index is 0.189. The average Bonchev–Trinajstić information content (AvgIpc) is 1.77. The number of hydrogen-bond donors (Lipinski definition) is 1. The molecule has 0 saturated carbocycles. The highest BCUT2D eigenvalue weighted by Crippen LogP contribution is 2.01. The molecule has 1 aromatic rings. The summed E-state index contributed by atoms with van der Waals surface area (Å²) in [6, 6.07) is 0. The number of nitrogens with zero attached hydrogens (tertiary/aromatic N) is 2. The van der Waals surface area contributed by atoms with E-state index < -0.39 is 0 Å². The van der Waals surface area contributed by atoms with Gasteiger partial charge in [0.2, 0.25) is 5.95 Å². The molecule has 2 N–H and O–H groups in total. The predicted octanol–water partition coefficient (Wildman–Crippen LogP) is 0.512. The molecule has 1 rings (SSSR count). The van der Waals surface area contributed by atoms with Crippen LogP contribution in [0.15, 0.2) is 6.20 Å². The molecule has 0 aromatic carbocycles. The predicted molar refractivity (Wildman–Crippen MR) is 30.3 cm³/mol. The summed E-state index contributed by atoms with van der Waals surface area (Å²) in [5.41, 5.74) is 5.11.